The summed E-state index contributed by atoms with van der Waals surface area (Å²) in [6.07, 6.45) is 4.64. The normalized spacial score (nSPS) is 18.8. The molecule has 1 aromatic heterocycles. The molecule has 7 heteroatoms. The number of H-pyrrole nitrogens is 1. The van der Waals surface area contributed by atoms with Crippen LogP contribution in [0, 0.1) is 0 Å². The lowest BCUT2D eigenvalue weighted by molar-refractivity contribution is 0.0712. The second kappa shape index (κ2) is 8.71. The number of hydrogen-bond acceptors (Lipinski definition) is 3. The fourth-order valence-electron chi connectivity index (χ4n) is 4.94. The predicted molar refractivity (Wildman–Crippen MR) is 125 cm³/mol. The Morgan fingerprint density at radius 3 is 2.38 bits per heavy atom. The summed E-state index contributed by atoms with van der Waals surface area (Å²) in [5.41, 5.74) is 2.83. The number of amides is 1. The Bertz CT molecular complexity index is 1190. The SMILES string of the molecule is O=C(c1cccc(S(=O)(=O)N2CCCCC2)c1)N1CCC(c2cc3ccccc3[nH]2)CC1. The fourth-order valence-corrected chi connectivity index (χ4v) is 6.50. The predicted octanol–water partition coefficient (Wildman–Crippen LogP) is 4.36. The van der Waals surface area contributed by atoms with Gasteiger partial charge in [0.1, 0.15) is 0 Å². The summed E-state index contributed by atoms with van der Waals surface area (Å²) < 4.78 is 27.6. The average Bonchev–Trinajstić information content (AvgIpc) is 3.29. The Morgan fingerprint density at radius 2 is 1.62 bits per heavy atom. The van der Waals surface area contributed by atoms with Crippen molar-refractivity contribution < 1.29 is 13.2 Å². The summed E-state index contributed by atoms with van der Waals surface area (Å²) in [6, 6.07) is 17.0. The van der Waals surface area contributed by atoms with E-state index in [1.807, 2.05) is 17.0 Å². The van der Waals surface area contributed by atoms with E-state index in [4.69, 9.17) is 0 Å². The van der Waals surface area contributed by atoms with E-state index in [-0.39, 0.29) is 10.8 Å². The molecule has 0 atom stereocenters. The number of aromatic nitrogens is 1. The molecule has 168 valence electrons. The molecular formula is C25H29N3O3S. The van der Waals surface area contributed by atoms with Crippen LogP contribution in [-0.2, 0) is 10.0 Å². The van der Waals surface area contributed by atoms with Gasteiger partial charge in [-0.05, 0) is 61.4 Å². The van der Waals surface area contributed by atoms with Gasteiger partial charge in [-0.3, -0.25) is 4.79 Å². The molecule has 2 fully saturated rings. The first-order chi connectivity index (χ1) is 15.5. The first-order valence-electron chi connectivity index (χ1n) is 11.5. The maximum atomic E-state index is 13.1. The number of nitrogens with one attached hydrogen (secondary N) is 1. The van der Waals surface area contributed by atoms with Gasteiger partial charge in [-0.25, -0.2) is 8.42 Å². The van der Waals surface area contributed by atoms with E-state index in [0.717, 1.165) is 37.6 Å². The number of carbonyl (C=O) groups is 1. The van der Waals surface area contributed by atoms with E-state index in [1.165, 1.54) is 11.1 Å². The number of para-hydroxylation sites is 1. The number of hydrogen-bond donors (Lipinski definition) is 1. The van der Waals surface area contributed by atoms with Gasteiger partial charge in [0.05, 0.1) is 4.90 Å². The Kier molecular flexibility index (Phi) is 5.78. The van der Waals surface area contributed by atoms with Crippen molar-refractivity contribution in [3.05, 3.63) is 65.9 Å². The van der Waals surface area contributed by atoms with Crippen LogP contribution in [0.25, 0.3) is 10.9 Å². The largest absolute Gasteiger partial charge is 0.358 e. The Balaban J connectivity index is 1.27. The summed E-state index contributed by atoms with van der Waals surface area (Å²) in [6.45, 7) is 2.45. The van der Waals surface area contributed by atoms with Gasteiger partial charge in [-0.2, -0.15) is 4.31 Å². The number of rotatable bonds is 4. The van der Waals surface area contributed by atoms with E-state index < -0.39 is 10.0 Å². The molecular weight excluding hydrogens is 422 g/mol. The first kappa shape index (κ1) is 21.2. The van der Waals surface area contributed by atoms with Crippen molar-refractivity contribution in [3.8, 4) is 0 Å². The molecule has 2 aliphatic rings. The zero-order chi connectivity index (χ0) is 22.1. The molecule has 0 aliphatic carbocycles. The van der Waals surface area contributed by atoms with Crippen LogP contribution < -0.4 is 0 Å². The van der Waals surface area contributed by atoms with Crippen molar-refractivity contribution in [2.45, 2.75) is 42.9 Å². The minimum absolute atomic E-state index is 0.0872. The van der Waals surface area contributed by atoms with Crippen molar-refractivity contribution >= 4 is 26.8 Å². The molecule has 0 saturated carbocycles. The van der Waals surface area contributed by atoms with Gasteiger partial charge in [-0.15, -0.1) is 0 Å². The van der Waals surface area contributed by atoms with Gasteiger partial charge >= 0.3 is 0 Å². The molecule has 0 spiro atoms. The Hall–Kier alpha value is -2.64. The van der Waals surface area contributed by atoms with E-state index >= 15 is 0 Å². The monoisotopic (exact) mass is 451 g/mol. The topological polar surface area (TPSA) is 73.5 Å². The van der Waals surface area contributed by atoms with Gasteiger partial charge in [0.15, 0.2) is 0 Å². The smallest absolute Gasteiger partial charge is 0.253 e. The zero-order valence-electron chi connectivity index (χ0n) is 18.2. The van der Waals surface area contributed by atoms with Crippen LogP contribution in [-0.4, -0.2) is 54.7 Å². The standard InChI is InChI=1S/C25H29N3O3S/c29-25(21-8-6-9-22(17-21)32(30,31)28-13-4-1-5-14-28)27-15-11-19(12-16-27)24-18-20-7-2-3-10-23(20)26-24/h2-3,6-10,17-19,26H,1,4-5,11-16H2. The van der Waals surface area contributed by atoms with Crippen molar-refractivity contribution in [2.75, 3.05) is 26.2 Å². The number of carbonyl (C=O) groups excluding carboxylic acids is 1. The number of benzene rings is 2. The molecule has 0 bridgehead atoms. The highest BCUT2D eigenvalue weighted by molar-refractivity contribution is 7.89. The van der Waals surface area contributed by atoms with Gasteiger partial charge in [0.25, 0.3) is 5.91 Å². The van der Waals surface area contributed by atoms with Crippen LogP contribution >= 0.6 is 0 Å². The van der Waals surface area contributed by atoms with Crippen LogP contribution in [0.15, 0.2) is 59.5 Å². The van der Waals surface area contributed by atoms with Crippen LogP contribution in [0.2, 0.25) is 0 Å². The number of fused-ring (bicyclic) bond motifs is 1. The second-order valence-corrected chi connectivity index (χ2v) is 10.8. The summed E-state index contributed by atoms with van der Waals surface area (Å²) in [5.74, 6) is 0.313. The molecule has 1 amide bonds. The highest BCUT2D eigenvalue weighted by atomic mass is 32.2. The van der Waals surface area contributed by atoms with Crippen molar-refractivity contribution in [2.24, 2.45) is 0 Å². The third-order valence-electron chi connectivity index (χ3n) is 6.81. The first-order valence-corrected chi connectivity index (χ1v) is 12.9. The molecule has 1 N–H and O–H groups in total. The average molecular weight is 452 g/mol. The van der Waals surface area contributed by atoms with Crippen LogP contribution in [0.4, 0.5) is 0 Å². The second-order valence-electron chi connectivity index (χ2n) is 8.87. The zero-order valence-corrected chi connectivity index (χ0v) is 19.0. The lowest BCUT2D eigenvalue weighted by Gasteiger charge is -2.32. The van der Waals surface area contributed by atoms with Crippen molar-refractivity contribution in [1.82, 2.24) is 14.2 Å². The minimum atomic E-state index is -3.55. The van der Waals surface area contributed by atoms with E-state index in [2.05, 4.69) is 23.2 Å². The molecule has 3 aromatic rings. The van der Waals surface area contributed by atoms with Crippen molar-refractivity contribution in [1.29, 1.82) is 0 Å². The van der Waals surface area contributed by atoms with E-state index in [1.54, 1.807) is 28.6 Å². The third-order valence-corrected chi connectivity index (χ3v) is 8.70. The molecule has 2 saturated heterocycles. The maximum Gasteiger partial charge on any atom is 0.253 e. The number of likely N-dealkylation sites (tertiary alicyclic amines) is 1. The molecule has 5 rings (SSSR count). The quantitative estimate of drug-likeness (QED) is 0.640. The van der Waals surface area contributed by atoms with Gasteiger partial charge in [0.2, 0.25) is 10.0 Å². The molecule has 3 heterocycles. The number of aromatic amines is 1. The fraction of sp³-hybridized carbons (Fsp3) is 0.400. The van der Waals surface area contributed by atoms with E-state index in [9.17, 15) is 13.2 Å². The lowest BCUT2D eigenvalue weighted by atomic mass is 9.93. The summed E-state index contributed by atoms with van der Waals surface area (Å²) in [4.78, 5) is 18.7. The molecule has 2 aromatic carbocycles. The third kappa shape index (κ3) is 4.07. The molecule has 32 heavy (non-hydrogen) atoms. The molecule has 6 nitrogen and oxygen atoms in total. The highest BCUT2D eigenvalue weighted by Crippen LogP contribution is 2.31. The number of piperidine rings is 2. The van der Waals surface area contributed by atoms with E-state index in [0.29, 0.717) is 37.7 Å². The Labute approximate surface area is 189 Å². The van der Waals surface area contributed by atoms with Gasteiger partial charge < -0.3 is 9.88 Å². The number of nitrogens with zero attached hydrogens (tertiary/aromatic N) is 2. The summed E-state index contributed by atoms with van der Waals surface area (Å²) in [5, 5.41) is 1.22. The van der Waals surface area contributed by atoms with Crippen LogP contribution in [0.1, 0.15) is 54.1 Å². The molecule has 0 unspecified atom stereocenters. The summed E-state index contributed by atoms with van der Waals surface area (Å²) in [7, 11) is -3.55. The Morgan fingerprint density at radius 1 is 0.875 bits per heavy atom. The van der Waals surface area contributed by atoms with Gasteiger partial charge in [-0.1, -0.05) is 30.7 Å². The number of sulfonamides is 1. The van der Waals surface area contributed by atoms with Crippen LogP contribution in [0.5, 0.6) is 0 Å². The summed E-state index contributed by atoms with van der Waals surface area (Å²) >= 11 is 0. The van der Waals surface area contributed by atoms with Crippen molar-refractivity contribution in [3.63, 3.8) is 0 Å². The lowest BCUT2D eigenvalue weighted by Crippen LogP contribution is -2.38. The van der Waals surface area contributed by atoms with Crippen LogP contribution in [0.3, 0.4) is 0 Å². The highest BCUT2D eigenvalue weighted by Gasteiger charge is 2.29. The van der Waals surface area contributed by atoms with Gasteiger partial charge in [0, 0.05) is 48.9 Å². The minimum Gasteiger partial charge on any atom is -0.358 e. The maximum absolute atomic E-state index is 13.1. The molecule has 0 radical (unpaired) electrons. The molecule has 2 aliphatic heterocycles.